The standard InChI is InChI=1S/C9H11N3O3/c1-6-10-4-3-7(11-6)9(15)12(2)5-8(13)14/h3-4H,5H2,1-2H3,(H,13,14). The highest BCUT2D eigenvalue weighted by molar-refractivity contribution is 5.93. The van der Waals surface area contributed by atoms with Gasteiger partial charge >= 0.3 is 5.97 Å². The van der Waals surface area contributed by atoms with Gasteiger partial charge in [0.1, 0.15) is 18.1 Å². The first-order chi connectivity index (χ1) is 7.00. The maximum atomic E-state index is 11.6. The smallest absolute Gasteiger partial charge is 0.323 e. The van der Waals surface area contributed by atoms with Gasteiger partial charge in [-0.2, -0.15) is 0 Å². The molecule has 1 heterocycles. The van der Waals surface area contributed by atoms with Gasteiger partial charge in [-0.1, -0.05) is 0 Å². The molecule has 1 amide bonds. The number of carbonyl (C=O) groups excluding carboxylic acids is 1. The molecule has 15 heavy (non-hydrogen) atoms. The van der Waals surface area contributed by atoms with Crippen LogP contribution >= 0.6 is 0 Å². The van der Waals surface area contributed by atoms with Crippen molar-refractivity contribution in [3.8, 4) is 0 Å². The van der Waals surface area contributed by atoms with Crippen molar-refractivity contribution >= 4 is 11.9 Å². The van der Waals surface area contributed by atoms with Crippen molar-refractivity contribution in [3.63, 3.8) is 0 Å². The normalized spacial score (nSPS) is 9.73. The summed E-state index contributed by atoms with van der Waals surface area (Å²) < 4.78 is 0. The van der Waals surface area contributed by atoms with Gasteiger partial charge in [0.05, 0.1) is 0 Å². The number of hydrogen-bond donors (Lipinski definition) is 1. The SMILES string of the molecule is Cc1nccc(C(=O)N(C)CC(=O)O)n1. The van der Waals surface area contributed by atoms with Crippen LogP contribution in [0.5, 0.6) is 0 Å². The minimum absolute atomic E-state index is 0.200. The molecule has 0 aliphatic rings. The third kappa shape index (κ3) is 3.01. The monoisotopic (exact) mass is 209 g/mol. The number of aryl methyl sites for hydroxylation is 1. The summed E-state index contributed by atoms with van der Waals surface area (Å²) in [5.74, 6) is -1.01. The van der Waals surface area contributed by atoms with E-state index in [9.17, 15) is 9.59 Å². The number of nitrogens with zero attached hydrogens (tertiary/aromatic N) is 3. The molecule has 0 aromatic carbocycles. The Morgan fingerprint density at radius 2 is 2.20 bits per heavy atom. The van der Waals surface area contributed by atoms with Crippen LogP contribution in [0, 0.1) is 6.92 Å². The van der Waals surface area contributed by atoms with Gasteiger partial charge in [-0.3, -0.25) is 9.59 Å². The molecule has 0 aliphatic carbocycles. The van der Waals surface area contributed by atoms with E-state index in [1.807, 2.05) is 0 Å². The maximum absolute atomic E-state index is 11.6. The Hall–Kier alpha value is -1.98. The highest BCUT2D eigenvalue weighted by atomic mass is 16.4. The molecule has 0 saturated heterocycles. The van der Waals surface area contributed by atoms with E-state index in [1.54, 1.807) is 6.92 Å². The Labute approximate surface area is 86.6 Å². The summed E-state index contributed by atoms with van der Waals surface area (Å²) in [6, 6.07) is 1.45. The molecule has 0 fully saturated rings. The van der Waals surface area contributed by atoms with Gasteiger partial charge in [0.25, 0.3) is 5.91 Å². The van der Waals surface area contributed by atoms with Crippen LogP contribution in [0.25, 0.3) is 0 Å². The molecule has 0 spiro atoms. The van der Waals surface area contributed by atoms with E-state index in [1.165, 1.54) is 19.3 Å². The number of likely N-dealkylation sites (N-methyl/N-ethyl adjacent to an activating group) is 1. The summed E-state index contributed by atoms with van der Waals surface area (Å²) in [5.41, 5.74) is 0.200. The summed E-state index contributed by atoms with van der Waals surface area (Å²) in [6.45, 7) is 1.32. The van der Waals surface area contributed by atoms with Crippen molar-refractivity contribution in [1.82, 2.24) is 14.9 Å². The zero-order chi connectivity index (χ0) is 11.4. The molecule has 6 heteroatoms. The molecule has 0 saturated carbocycles. The van der Waals surface area contributed by atoms with Crippen molar-refractivity contribution in [2.24, 2.45) is 0 Å². The Kier molecular flexibility index (Phi) is 3.33. The molecule has 0 atom stereocenters. The Morgan fingerprint density at radius 3 is 2.73 bits per heavy atom. The van der Waals surface area contributed by atoms with Crippen LogP contribution in [0.4, 0.5) is 0 Å². The minimum Gasteiger partial charge on any atom is -0.480 e. The zero-order valence-electron chi connectivity index (χ0n) is 8.47. The molecule has 80 valence electrons. The second kappa shape index (κ2) is 4.50. The van der Waals surface area contributed by atoms with E-state index < -0.39 is 11.9 Å². The minimum atomic E-state index is -1.06. The lowest BCUT2D eigenvalue weighted by molar-refractivity contribution is -0.137. The van der Waals surface area contributed by atoms with Crippen LogP contribution in [0.3, 0.4) is 0 Å². The number of hydrogen-bond acceptors (Lipinski definition) is 4. The van der Waals surface area contributed by atoms with Crippen LogP contribution in [-0.2, 0) is 4.79 Å². The zero-order valence-corrected chi connectivity index (χ0v) is 8.47. The summed E-state index contributed by atoms with van der Waals surface area (Å²) in [6.07, 6.45) is 1.46. The molecular formula is C9H11N3O3. The molecule has 0 aliphatic heterocycles. The predicted octanol–water partition coefficient (Wildman–Crippen LogP) is -0.0584. The molecule has 0 radical (unpaired) electrons. The predicted molar refractivity (Wildman–Crippen MR) is 51.4 cm³/mol. The quantitative estimate of drug-likeness (QED) is 0.754. The summed E-state index contributed by atoms with van der Waals surface area (Å²) in [5, 5.41) is 8.51. The fourth-order valence-electron chi connectivity index (χ4n) is 1.05. The number of carbonyl (C=O) groups is 2. The van der Waals surface area contributed by atoms with Crippen LogP contribution < -0.4 is 0 Å². The third-order valence-corrected chi connectivity index (χ3v) is 1.71. The van der Waals surface area contributed by atoms with E-state index >= 15 is 0 Å². The van der Waals surface area contributed by atoms with Gasteiger partial charge < -0.3 is 10.0 Å². The Morgan fingerprint density at radius 1 is 1.53 bits per heavy atom. The van der Waals surface area contributed by atoms with Gasteiger partial charge in [0.2, 0.25) is 0 Å². The lowest BCUT2D eigenvalue weighted by Crippen LogP contribution is -2.32. The first-order valence-electron chi connectivity index (χ1n) is 4.27. The number of amides is 1. The second-order valence-corrected chi connectivity index (χ2v) is 3.04. The van der Waals surface area contributed by atoms with Gasteiger partial charge in [0, 0.05) is 13.2 Å². The van der Waals surface area contributed by atoms with Crippen molar-refractivity contribution in [2.75, 3.05) is 13.6 Å². The highest BCUT2D eigenvalue weighted by Crippen LogP contribution is 1.99. The molecule has 1 rings (SSSR count). The summed E-state index contributed by atoms with van der Waals surface area (Å²) in [7, 11) is 1.41. The molecule has 1 N–H and O–H groups in total. The molecule has 0 unspecified atom stereocenters. The molecular weight excluding hydrogens is 198 g/mol. The van der Waals surface area contributed by atoms with E-state index in [4.69, 9.17) is 5.11 Å². The average molecular weight is 209 g/mol. The fourth-order valence-corrected chi connectivity index (χ4v) is 1.05. The first-order valence-corrected chi connectivity index (χ1v) is 4.27. The summed E-state index contributed by atoms with van der Waals surface area (Å²) in [4.78, 5) is 30.8. The first kappa shape index (κ1) is 11.1. The Balaban J connectivity index is 2.80. The van der Waals surface area contributed by atoms with Gasteiger partial charge in [-0.25, -0.2) is 9.97 Å². The van der Waals surface area contributed by atoms with E-state index in [-0.39, 0.29) is 12.2 Å². The van der Waals surface area contributed by atoms with Crippen LogP contribution in [-0.4, -0.2) is 45.4 Å². The lowest BCUT2D eigenvalue weighted by Gasteiger charge is -2.13. The fraction of sp³-hybridized carbons (Fsp3) is 0.333. The van der Waals surface area contributed by atoms with Crippen LogP contribution in [0.2, 0.25) is 0 Å². The third-order valence-electron chi connectivity index (χ3n) is 1.71. The highest BCUT2D eigenvalue weighted by Gasteiger charge is 2.15. The molecule has 6 nitrogen and oxygen atoms in total. The van der Waals surface area contributed by atoms with Crippen LogP contribution in [0.1, 0.15) is 16.3 Å². The summed E-state index contributed by atoms with van der Waals surface area (Å²) >= 11 is 0. The van der Waals surface area contributed by atoms with Crippen molar-refractivity contribution in [1.29, 1.82) is 0 Å². The topological polar surface area (TPSA) is 83.4 Å². The van der Waals surface area contributed by atoms with Crippen LogP contribution in [0.15, 0.2) is 12.3 Å². The number of aromatic nitrogens is 2. The van der Waals surface area contributed by atoms with Crippen molar-refractivity contribution in [2.45, 2.75) is 6.92 Å². The second-order valence-electron chi connectivity index (χ2n) is 3.04. The van der Waals surface area contributed by atoms with Crippen molar-refractivity contribution < 1.29 is 14.7 Å². The Bertz CT molecular complexity index is 392. The molecule has 1 aromatic heterocycles. The van der Waals surface area contributed by atoms with Gasteiger partial charge in [-0.15, -0.1) is 0 Å². The van der Waals surface area contributed by atoms with Gasteiger partial charge in [-0.05, 0) is 13.0 Å². The number of aliphatic carboxylic acids is 1. The number of rotatable bonds is 3. The lowest BCUT2D eigenvalue weighted by atomic mass is 10.3. The van der Waals surface area contributed by atoms with Crippen molar-refractivity contribution in [3.05, 3.63) is 23.8 Å². The number of carboxylic acid groups (broad SMARTS) is 1. The average Bonchev–Trinajstić information content (AvgIpc) is 2.15. The number of carboxylic acids is 1. The van der Waals surface area contributed by atoms with Gasteiger partial charge in [0.15, 0.2) is 0 Å². The largest absolute Gasteiger partial charge is 0.480 e. The molecule has 1 aromatic rings. The van der Waals surface area contributed by atoms with E-state index in [0.717, 1.165) is 4.90 Å². The maximum Gasteiger partial charge on any atom is 0.323 e. The molecule has 0 bridgehead atoms. The van der Waals surface area contributed by atoms with E-state index in [0.29, 0.717) is 5.82 Å². The van der Waals surface area contributed by atoms with E-state index in [2.05, 4.69) is 9.97 Å².